The first-order valence-electron chi connectivity index (χ1n) is 8.23. The van der Waals surface area contributed by atoms with Crippen molar-refractivity contribution in [2.24, 2.45) is 0 Å². The summed E-state index contributed by atoms with van der Waals surface area (Å²) < 4.78 is 5.37. The van der Waals surface area contributed by atoms with Crippen LogP contribution in [0.1, 0.15) is 18.1 Å². The standard InChI is InChI=1S/C19H21N3O3/c1-2-22-17-10-16(20)9-8-15(17)11-21(12-18(22)23)19(24)25-13-14-6-4-3-5-7-14/h3-10H,2,11-13,20H2,1H3. The molecule has 0 bridgehead atoms. The number of hydrogen-bond acceptors (Lipinski definition) is 4. The average Bonchev–Trinajstić information content (AvgIpc) is 2.76. The van der Waals surface area contributed by atoms with Crippen LogP contribution >= 0.6 is 0 Å². The van der Waals surface area contributed by atoms with Gasteiger partial charge in [-0.1, -0.05) is 36.4 Å². The Morgan fingerprint density at radius 3 is 2.64 bits per heavy atom. The van der Waals surface area contributed by atoms with E-state index in [1.165, 1.54) is 4.90 Å². The molecule has 6 heteroatoms. The van der Waals surface area contributed by atoms with Gasteiger partial charge in [-0.15, -0.1) is 0 Å². The minimum absolute atomic E-state index is 0.0178. The number of nitrogens with zero attached hydrogens (tertiary/aromatic N) is 2. The molecule has 0 fully saturated rings. The molecule has 1 aliphatic heterocycles. The molecule has 1 heterocycles. The summed E-state index contributed by atoms with van der Waals surface area (Å²) in [6, 6.07) is 14.8. The Morgan fingerprint density at radius 1 is 1.16 bits per heavy atom. The number of likely N-dealkylation sites (N-methyl/N-ethyl adjacent to an activating group) is 1. The molecule has 2 aromatic rings. The summed E-state index contributed by atoms with van der Waals surface area (Å²) >= 11 is 0. The van der Waals surface area contributed by atoms with Crippen molar-refractivity contribution in [1.82, 2.24) is 4.90 Å². The van der Waals surface area contributed by atoms with Gasteiger partial charge < -0.3 is 15.4 Å². The fourth-order valence-corrected chi connectivity index (χ4v) is 2.90. The molecule has 0 aromatic heterocycles. The van der Waals surface area contributed by atoms with Crippen LogP contribution < -0.4 is 10.6 Å². The normalized spacial score (nSPS) is 14.0. The Balaban J connectivity index is 1.77. The summed E-state index contributed by atoms with van der Waals surface area (Å²) in [4.78, 5) is 28.1. The smallest absolute Gasteiger partial charge is 0.410 e. The van der Waals surface area contributed by atoms with Crippen molar-refractivity contribution < 1.29 is 14.3 Å². The second-order valence-electron chi connectivity index (χ2n) is 5.92. The Hall–Kier alpha value is -3.02. The van der Waals surface area contributed by atoms with Crippen LogP contribution in [0.5, 0.6) is 0 Å². The number of rotatable bonds is 3. The third kappa shape index (κ3) is 3.74. The van der Waals surface area contributed by atoms with Gasteiger partial charge in [-0.3, -0.25) is 9.69 Å². The highest BCUT2D eigenvalue weighted by molar-refractivity contribution is 5.98. The van der Waals surface area contributed by atoms with Gasteiger partial charge in [0.25, 0.3) is 0 Å². The number of anilines is 2. The zero-order chi connectivity index (χ0) is 17.8. The van der Waals surface area contributed by atoms with E-state index in [2.05, 4.69) is 0 Å². The Kier molecular flexibility index (Phi) is 4.88. The molecule has 3 rings (SSSR count). The maximum Gasteiger partial charge on any atom is 0.410 e. The summed E-state index contributed by atoms with van der Waals surface area (Å²) in [7, 11) is 0. The molecule has 0 saturated heterocycles. The molecule has 2 amide bonds. The Morgan fingerprint density at radius 2 is 1.92 bits per heavy atom. The van der Waals surface area contributed by atoms with E-state index < -0.39 is 6.09 Å². The van der Waals surface area contributed by atoms with Gasteiger partial charge in [0.15, 0.2) is 0 Å². The van der Waals surface area contributed by atoms with Crippen molar-refractivity contribution in [3.63, 3.8) is 0 Å². The largest absolute Gasteiger partial charge is 0.445 e. The summed E-state index contributed by atoms with van der Waals surface area (Å²) in [5.41, 5.74) is 8.98. The molecule has 0 radical (unpaired) electrons. The van der Waals surface area contributed by atoms with Crippen LogP contribution in [0.3, 0.4) is 0 Å². The quantitative estimate of drug-likeness (QED) is 0.873. The third-order valence-electron chi connectivity index (χ3n) is 4.17. The lowest BCUT2D eigenvalue weighted by Gasteiger charge is -2.21. The number of carbonyl (C=O) groups excluding carboxylic acids is 2. The van der Waals surface area contributed by atoms with Gasteiger partial charge in [-0.05, 0) is 30.2 Å². The van der Waals surface area contributed by atoms with Gasteiger partial charge in [0.2, 0.25) is 5.91 Å². The molecule has 0 spiro atoms. The second-order valence-corrected chi connectivity index (χ2v) is 5.92. The van der Waals surface area contributed by atoms with E-state index in [1.54, 1.807) is 17.0 Å². The molecule has 0 unspecified atom stereocenters. The summed E-state index contributed by atoms with van der Waals surface area (Å²) in [5, 5.41) is 0. The molecule has 2 aromatic carbocycles. The van der Waals surface area contributed by atoms with Crippen LogP contribution in [0.4, 0.5) is 16.2 Å². The highest BCUT2D eigenvalue weighted by Crippen LogP contribution is 2.28. The van der Waals surface area contributed by atoms with E-state index in [9.17, 15) is 9.59 Å². The van der Waals surface area contributed by atoms with Crippen LogP contribution in [0.15, 0.2) is 48.5 Å². The lowest BCUT2D eigenvalue weighted by molar-refractivity contribution is -0.119. The van der Waals surface area contributed by atoms with Crippen LogP contribution in [0.2, 0.25) is 0 Å². The average molecular weight is 339 g/mol. The maximum absolute atomic E-state index is 12.5. The van der Waals surface area contributed by atoms with Crippen molar-refractivity contribution in [3.05, 3.63) is 59.7 Å². The fraction of sp³-hybridized carbons (Fsp3) is 0.263. The number of benzene rings is 2. The second kappa shape index (κ2) is 7.25. The van der Waals surface area contributed by atoms with Crippen LogP contribution in [-0.4, -0.2) is 30.0 Å². The number of carbonyl (C=O) groups is 2. The summed E-state index contributed by atoms with van der Waals surface area (Å²) in [5.74, 6) is -0.150. The highest BCUT2D eigenvalue weighted by Gasteiger charge is 2.28. The van der Waals surface area contributed by atoms with E-state index in [-0.39, 0.29) is 19.1 Å². The lowest BCUT2D eigenvalue weighted by atomic mass is 10.1. The predicted molar refractivity (Wildman–Crippen MR) is 95.9 cm³/mol. The molecular formula is C19H21N3O3. The van der Waals surface area contributed by atoms with Crippen molar-refractivity contribution >= 4 is 23.4 Å². The topological polar surface area (TPSA) is 75.9 Å². The highest BCUT2D eigenvalue weighted by atomic mass is 16.6. The molecule has 0 aliphatic carbocycles. The van der Waals surface area contributed by atoms with Crippen molar-refractivity contribution in [2.75, 3.05) is 23.7 Å². The van der Waals surface area contributed by atoms with Crippen LogP contribution in [-0.2, 0) is 22.7 Å². The molecular weight excluding hydrogens is 318 g/mol. The zero-order valence-electron chi connectivity index (χ0n) is 14.1. The number of amides is 2. The maximum atomic E-state index is 12.5. The number of hydrogen-bond donors (Lipinski definition) is 1. The SMILES string of the molecule is CCN1C(=O)CN(C(=O)OCc2ccccc2)Cc2ccc(N)cc21. The van der Waals surface area contributed by atoms with E-state index >= 15 is 0 Å². The molecule has 0 saturated carbocycles. The van der Waals surface area contributed by atoms with E-state index in [0.717, 1.165) is 16.8 Å². The van der Waals surface area contributed by atoms with Crippen LogP contribution in [0.25, 0.3) is 0 Å². The van der Waals surface area contributed by atoms with Gasteiger partial charge in [0, 0.05) is 12.2 Å². The molecule has 130 valence electrons. The van der Waals surface area contributed by atoms with Crippen molar-refractivity contribution in [2.45, 2.75) is 20.1 Å². The van der Waals surface area contributed by atoms with Gasteiger partial charge >= 0.3 is 6.09 Å². The Bertz CT molecular complexity index is 777. The first-order chi connectivity index (χ1) is 12.1. The molecule has 2 N–H and O–H groups in total. The third-order valence-corrected chi connectivity index (χ3v) is 4.17. The monoisotopic (exact) mass is 339 g/mol. The first-order valence-corrected chi connectivity index (χ1v) is 8.23. The number of fused-ring (bicyclic) bond motifs is 1. The molecule has 6 nitrogen and oxygen atoms in total. The summed E-state index contributed by atoms with van der Waals surface area (Å²) in [6.45, 7) is 2.88. The minimum Gasteiger partial charge on any atom is -0.445 e. The Labute approximate surface area is 146 Å². The molecule has 25 heavy (non-hydrogen) atoms. The fourth-order valence-electron chi connectivity index (χ4n) is 2.90. The zero-order valence-corrected chi connectivity index (χ0v) is 14.1. The molecule has 1 aliphatic rings. The summed E-state index contributed by atoms with van der Waals surface area (Å²) in [6.07, 6.45) is -0.502. The van der Waals surface area contributed by atoms with Gasteiger partial charge in [-0.2, -0.15) is 0 Å². The van der Waals surface area contributed by atoms with E-state index in [1.807, 2.05) is 43.3 Å². The number of nitrogens with two attached hydrogens (primary N) is 1. The number of ether oxygens (including phenoxy) is 1. The van der Waals surface area contributed by atoms with Crippen LogP contribution in [0, 0.1) is 0 Å². The molecule has 0 atom stereocenters. The van der Waals surface area contributed by atoms with E-state index in [0.29, 0.717) is 18.8 Å². The van der Waals surface area contributed by atoms with Gasteiger partial charge in [-0.25, -0.2) is 4.79 Å². The van der Waals surface area contributed by atoms with Crippen molar-refractivity contribution in [3.8, 4) is 0 Å². The van der Waals surface area contributed by atoms with Gasteiger partial charge in [0.1, 0.15) is 13.2 Å². The van der Waals surface area contributed by atoms with Gasteiger partial charge in [0.05, 0.1) is 12.2 Å². The van der Waals surface area contributed by atoms with Crippen molar-refractivity contribution in [1.29, 1.82) is 0 Å². The predicted octanol–water partition coefficient (Wildman–Crippen LogP) is 2.77. The lowest BCUT2D eigenvalue weighted by Crippen LogP contribution is -2.40. The first kappa shape index (κ1) is 16.8. The minimum atomic E-state index is -0.502. The van der Waals surface area contributed by atoms with E-state index in [4.69, 9.17) is 10.5 Å². The number of nitrogen functional groups attached to an aromatic ring is 1.